The molecular weight excluding hydrogens is 420 g/mol. The van der Waals surface area contributed by atoms with Crippen LogP contribution in [0.15, 0.2) is 36.0 Å². The lowest BCUT2D eigenvalue weighted by molar-refractivity contribution is -0.124. The van der Waals surface area contributed by atoms with Gasteiger partial charge >= 0.3 is 0 Å². The monoisotopic (exact) mass is 452 g/mol. The van der Waals surface area contributed by atoms with Crippen molar-refractivity contribution in [2.75, 3.05) is 13.6 Å². The van der Waals surface area contributed by atoms with Crippen LogP contribution in [0, 0.1) is 5.41 Å². The molecule has 0 radical (unpaired) electrons. The molecule has 1 aliphatic heterocycles. The van der Waals surface area contributed by atoms with Gasteiger partial charge in [0.15, 0.2) is 0 Å². The number of carbonyl (C=O) groups excluding carboxylic acids is 3. The van der Waals surface area contributed by atoms with Crippen LogP contribution in [0.1, 0.15) is 51.4 Å². The Labute approximate surface area is 193 Å². The molecule has 9 heteroatoms. The normalized spacial score (nSPS) is 14.6. The van der Waals surface area contributed by atoms with Gasteiger partial charge in [-0.05, 0) is 11.8 Å². The molecule has 0 fully saturated rings. The smallest absolute Gasteiger partial charge is 0.268 e. The molecule has 1 aromatic heterocycles. The molecule has 3 amide bonds. The van der Waals surface area contributed by atoms with Crippen LogP contribution in [-0.2, 0) is 20.9 Å². The Morgan fingerprint density at radius 1 is 1.09 bits per heavy atom. The Morgan fingerprint density at radius 2 is 1.70 bits per heavy atom. The predicted octanol–water partition coefficient (Wildman–Crippen LogP) is 1.79. The third kappa shape index (κ3) is 4.35. The standard InChI is InChI=1S/C24H32N6O3/c1-6-12-29-13-15-17(16(23(33)27-5)24(2,3)4)28-22(14-10-8-7-9-11-14)30(15)19(21(26)32)18(29)20(25)31/h7-11,16H,6,12-13H2,1-5H3,(H2,25,31)(H2,26,32)(H,27,33). The molecule has 33 heavy (non-hydrogen) atoms. The number of carbonyl (C=O) groups is 3. The van der Waals surface area contributed by atoms with Gasteiger partial charge in [0, 0.05) is 19.2 Å². The number of fused-ring (bicyclic) bond motifs is 1. The van der Waals surface area contributed by atoms with Crippen LogP contribution < -0.4 is 16.8 Å². The van der Waals surface area contributed by atoms with Crippen molar-refractivity contribution in [3.8, 4) is 11.4 Å². The van der Waals surface area contributed by atoms with Crippen molar-refractivity contribution in [3.05, 3.63) is 47.4 Å². The van der Waals surface area contributed by atoms with Gasteiger partial charge in [-0.1, -0.05) is 58.0 Å². The Bertz CT molecular complexity index is 1110. The number of nitrogens with one attached hydrogen (secondary N) is 1. The molecule has 3 rings (SSSR count). The lowest BCUT2D eigenvalue weighted by Crippen LogP contribution is -2.41. The van der Waals surface area contributed by atoms with Gasteiger partial charge in [0.25, 0.3) is 11.8 Å². The minimum atomic E-state index is -0.792. The number of rotatable bonds is 7. The number of nitrogens with two attached hydrogens (primary N) is 2. The molecule has 2 heterocycles. The van der Waals surface area contributed by atoms with Crippen molar-refractivity contribution in [3.63, 3.8) is 0 Å². The van der Waals surface area contributed by atoms with Gasteiger partial charge in [-0.15, -0.1) is 0 Å². The second-order valence-corrected chi connectivity index (χ2v) is 9.23. The number of primary amides is 2. The Balaban J connectivity index is 2.46. The average Bonchev–Trinajstić information content (AvgIpc) is 3.10. The van der Waals surface area contributed by atoms with Crippen molar-refractivity contribution in [2.24, 2.45) is 16.9 Å². The van der Waals surface area contributed by atoms with E-state index >= 15 is 0 Å². The van der Waals surface area contributed by atoms with Crippen LogP contribution in [0.5, 0.6) is 0 Å². The first-order chi connectivity index (χ1) is 15.5. The largest absolute Gasteiger partial charge is 0.364 e. The molecule has 1 atom stereocenters. The zero-order chi connectivity index (χ0) is 24.5. The Kier molecular flexibility index (Phi) is 6.62. The summed E-state index contributed by atoms with van der Waals surface area (Å²) in [5.41, 5.74) is 13.0. The van der Waals surface area contributed by atoms with E-state index in [1.807, 2.05) is 58.0 Å². The van der Waals surface area contributed by atoms with Gasteiger partial charge in [-0.25, -0.2) is 4.98 Å². The lowest BCUT2D eigenvalue weighted by atomic mass is 9.77. The molecule has 0 saturated heterocycles. The maximum Gasteiger partial charge on any atom is 0.268 e. The fourth-order valence-corrected chi connectivity index (χ4v) is 4.42. The van der Waals surface area contributed by atoms with E-state index in [1.54, 1.807) is 16.5 Å². The van der Waals surface area contributed by atoms with Crippen molar-refractivity contribution in [1.82, 2.24) is 19.8 Å². The highest BCUT2D eigenvalue weighted by molar-refractivity contribution is 6.20. The molecule has 0 saturated carbocycles. The molecule has 1 aliphatic rings. The summed E-state index contributed by atoms with van der Waals surface area (Å²) < 4.78 is 1.61. The van der Waals surface area contributed by atoms with Crippen LogP contribution in [-0.4, -0.2) is 45.8 Å². The van der Waals surface area contributed by atoms with Gasteiger partial charge < -0.3 is 21.7 Å². The molecule has 1 unspecified atom stereocenters. The van der Waals surface area contributed by atoms with E-state index in [9.17, 15) is 14.4 Å². The van der Waals surface area contributed by atoms with Crippen LogP contribution in [0.4, 0.5) is 0 Å². The number of nitrogens with zero attached hydrogens (tertiary/aromatic N) is 3. The van der Waals surface area contributed by atoms with Crippen molar-refractivity contribution in [1.29, 1.82) is 0 Å². The van der Waals surface area contributed by atoms with E-state index < -0.39 is 23.1 Å². The van der Waals surface area contributed by atoms with Gasteiger partial charge in [-0.2, -0.15) is 0 Å². The minimum Gasteiger partial charge on any atom is -0.364 e. The number of benzene rings is 1. The third-order valence-corrected chi connectivity index (χ3v) is 5.75. The molecule has 5 N–H and O–H groups in total. The Morgan fingerprint density at radius 3 is 2.18 bits per heavy atom. The molecule has 0 bridgehead atoms. The van der Waals surface area contributed by atoms with Crippen molar-refractivity contribution in [2.45, 2.75) is 46.6 Å². The number of imidazole rings is 1. The van der Waals surface area contributed by atoms with Crippen LogP contribution in [0.3, 0.4) is 0 Å². The molecule has 2 aromatic rings. The lowest BCUT2D eigenvalue weighted by Gasteiger charge is -2.34. The molecule has 1 aromatic carbocycles. The van der Waals surface area contributed by atoms with E-state index in [4.69, 9.17) is 16.5 Å². The van der Waals surface area contributed by atoms with E-state index in [0.29, 0.717) is 23.8 Å². The number of hydrogen-bond donors (Lipinski definition) is 3. The average molecular weight is 453 g/mol. The second kappa shape index (κ2) is 9.09. The summed E-state index contributed by atoms with van der Waals surface area (Å²) >= 11 is 0. The first-order valence-corrected chi connectivity index (χ1v) is 11.0. The fourth-order valence-electron chi connectivity index (χ4n) is 4.42. The quantitative estimate of drug-likeness (QED) is 0.588. The van der Waals surface area contributed by atoms with Gasteiger partial charge in [0.1, 0.15) is 17.2 Å². The van der Waals surface area contributed by atoms with E-state index in [0.717, 1.165) is 12.0 Å². The fraction of sp³-hybridized carbons (Fsp3) is 0.417. The zero-order valence-electron chi connectivity index (χ0n) is 19.8. The molecule has 176 valence electrons. The zero-order valence-corrected chi connectivity index (χ0v) is 19.8. The molecule has 0 aliphatic carbocycles. The summed E-state index contributed by atoms with van der Waals surface area (Å²) in [6.07, 6.45) is 0.718. The SMILES string of the molecule is CCCN1Cc2c(C(C(=O)NC)C(C)(C)C)nc(-c3ccccc3)n2C(C(N)=O)=C1C(N)=O. The first kappa shape index (κ1) is 24.0. The van der Waals surface area contributed by atoms with Crippen LogP contribution in [0.25, 0.3) is 17.1 Å². The summed E-state index contributed by atoms with van der Waals surface area (Å²) in [5.74, 6) is -1.89. The highest BCUT2D eigenvalue weighted by atomic mass is 16.2. The van der Waals surface area contributed by atoms with Gasteiger partial charge in [0.05, 0.1) is 23.9 Å². The highest BCUT2D eigenvalue weighted by Gasteiger charge is 2.41. The summed E-state index contributed by atoms with van der Waals surface area (Å²) in [6.45, 7) is 8.61. The second-order valence-electron chi connectivity index (χ2n) is 9.23. The summed E-state index contributed by atoms with van der Waals surface area (Å²) in [4.78, 5) is 44.9. The van der Waals surface area contributed by atoms with Crippen LogP contribution in [0.2, 0.25) is 0 Å². The summed E-state index contributed by atoms with van der Waals surface area (Å²) in [7, 11) is 1.59. The van der Waals surface area contributed by atoms with Gasteiger partial charge in [-0.3, -0.25) is 19.0 Å². The first-order valence-electron chi connectivity index (χ1n) is 11.0. The molecular formula is C24H32N6O3. The van der Waals surface area contributed by atoms with E-state index in [-0.39, 0.29) is 23.8 Å². The van der Waals surface area contributed by atoms with E-state index in [2.05, 4.69) is 5.32 Å². The van der Waals surface area contributed by atoms with Crippen molar-refractivity contribution < 1.29 is 14.4 Å². The maximum atomic E-state index is 13.0. The van der Waals surface area contributed by atoms with E-state index in [1.165, 1.54) is 0 Å². The maximum absolute atomic E-state index is 13.0. The third-order valence-electron chi connectivity index (χ3n) is 5.75. The number of amides is 3. The number of likely N-dealkylation sites (N-methyl/N-ethyl adjacent to an activating group) is 1. The van der Waals surface area contributed by atoms with Gasteiger partial charge in [0.2, 0.25) is 5.91 Å². The topological polar surface area (TPSA) is 136 Å². The van der Waals surface area contributed by atoms with Crippen LogP contribution >= 0.6 is 0 Å². The highest BCUT2D eigenvalue weighted by Crippen LogP contribution is 2.42. The Hall–Kier alpha value is -3.62. The number of hydrogen-bond acceptors (Lipinski definition) is 5. The summed E-state index contributed by atoms with van der Waals surface area (Å²) in [6, 6.07) is 9.28. The molecule has 9 nitrogen and oxygen atoms in total. The summed E-state index contributed by atoms with van der Waals surface area (Å²) in [5, 5.41) is 2.74. The minimum absolute atomic E-state index is 0.0284. The molecule has 0 spiro atoms. The number of aromatic nitrogens is 2. The predicted molar refractivity (Wildman–Crippen MR) is 126 cm³/mol. The van der Waals surface area contributed by atoms with Crippen molar-refractivity contribution >= 4 is 23.4 Å².